The Morgan fingerprint density at radius 1 is 1.47 bits per heavy atom. The summed E-state index contributed by atoms with van der Waals surface area (Å²) < 4.78 is 8.03. The zero-order chi connectivity index (χ0) is 13.8. The first kappa shape index (κ1) is 14.1. The number of methoxy groups -OCH3 is 1. The largest absolute Gasteiger partial charge is 0.493 e. The summed E-state index contributed by atoms with van der Waals surface area (Å²) in [6.07, 6.45) is 1.54. The van der Waals surface area contributed by atoms with Crippen molar-refractivity contribution in [3.05, 3.63) is 46.2 Å². The van der Waals surface area contributed by atoms with E-state index in [1.54, 1.807) is 18.0 Å². The van der Waals surface area contributed by atoms with Gasteiger partial charge in [-0.2, -0.15) is 5.10 Å². The van der Waals surface area contributed by atoms with Crippen molar-refractivity contribution in [2.45, 2.75) is 26.0 Å². The number of aromatic nitrogens is 2. The first-order valence-electron chi connectivity index (χ1n) is 6.18. The van der Waals surface area contributed by atoms with Crippen LogP contribution in [-0.2, 0) is 13.0 Å². The number of benzene rings is 1. The Balaban J connectivity index is 2.24. The van der Waals surface area contributed by atoms with Gasteiger partial charge in [0.15, 0.2) is 5.75 Å². The van der Waals surface area contributed by atoms with Crippen LogP contribution in [-0.4, -0.2) is 22.0 Å². The normalized spacial score (nSPS) is 12.4. The van der Waals surface area contributed by atoms with E-state index in [0.717, 1.165) is 15.7 Å². The highest BCUT2D eigenvalue weighted by molar-refractivity contribution is 9.10. The number of ether oxygens (including phenoxy) is 1. The van der Waals surface area contributed by atoms with Gasteiger partial charge in [0.2, 0.25) is 0 Å². The van der Waals surface area contributed by atoms with E-state index in [9.17, 15) is 5.11 Å². The molecule has 0 amide bonds. The van der Waals surface area contributed by atoms with Crippen LogP contribution in [0.15, 0.2) is 34.9 Å². The Bertz CT molecular complexity index is 533. The molecule has 0 saturated heterocycles. The summed E-state index contributed by atoms with van der Waals surface area (Å²) in [4.78, 5) is 0. The average molecular weight is 325 g/mol. The second-order valence-electron chi connectivity index (χ2n) is 4.26. The van der Waals surface area contributed by atoms with Gasteiger partial charge in [0.1, 0.15) is 11.8 Å². The summed E-state index contributed by atoms with van der Waals surface area (Å²) in [5, 5.41) is 14.6. The van der Waals surface area contributed by atoms with Crippen LogP contribution >= 0.6 is 15.9 Å². The van der Waals surface area contributed by atoms with Crippen LogP contribution in [0.5, 0.6) is 5.75 Å². The van der Waals surface area contributed by atoms with Crippen molar-refractivity contribution in [1.29, 1.82) is 0 Å². The van der Waals surface area contributed by atoms with E-state index in [-0.39, 0.29) is 0 Å². The molecule has 0 radical (unpaired) electrons. The van der Waals surface area contributed by atoms with E-state index in [4.69, 9.17) is 4.74 Å². The lowest BCUT2D eigenvalue weighted by Gasteiger charge is -2.14. The third-order valence-corrected chi connectivity index (χ3v) is 3.49. The van der Waals surface area contributed by atoms with Gasteiger partial charge in [-0.15, -0.1) is 0 Å². The van der Waals surface area contributed by atoms with Crippen LogP contribution in [0, 0.1) is 0 Å². The second-order valence-corrected chi connectivity index (χ2v) is 5.18. The minimum atomic E-state index is -0.633. The minimum Gasteiger partial charge on any atom is -0.493 e. The van der Waals surface area contributed by atoms with Gasteiger partial charge in [-0.25, -0.2) is 0 Å². The molecule has 1 N–H and O–H groups in total. The molecule has 0 fully saturated rings. The number of hydrogen-bond donors (Lipinski definition) is 1. The smallest absolute Gasteiger partial charge is 0.162 e. The fourth-order valence-corrected chi connectivity index (χ4v) is 2.55. The topological polar surface area (TPSA) is 47.3 Å². The molecular weight excluding hydrogens is 308 g/mol. The average Bonchev–Trinajstić information content (AvgIpc) is 2.81. The minimum absolute atomic E-state index is 0.529. The van der Waals surface area contributed by atoms with Gasteiger partial charge in [-0.05, 0) is 24.6 Å². The van der Waals surface area contributed by atoms with Crippen LogP contribution in [0.25, 0.3) is 0 Å². The van der Waals surface area contributed by atoms with E-state index >= 15 is 0 Å². The van der Waals surface area contributed by atoms with Gasteiger partial charge in [0.25, 0.3) is 0 Å². The molecule has 0 aliphatic rings. The number of aryl methyl sites for hydroxylation is 1. The van der Waals surface area contributed by atoms with Gasteiger partial charge in [0.05, 0.1) is 13.3 Å². The molecule has 1 unspecified atom stereocenters. The molecule has 1 aromatic carbocycles. The Labute approximate surface area is 121 Å². The zero-order valence-corrected chi connectivity index (χ0v) is 12.6. The van der Waals surface area contributed by atoms with Crippen LogP contribution in [0.2, 0.25) is 0 Å². The molecule has 19 heavy (non-hydrogen) atoms. The summed E-state index contributed by atoms with van der Waals surface area (Å²) in [7, 11) is 1.59. The number of rotatable bonds is 5. The van der Waals surface area contributed by atoms with Crippen LogP contribution < -0.4 is 4.74 Å². The van der Waals surface area contributed by atoms with Gasteiger partial charge in [-0.3, -0.25) is 4.68 Å². The van der Waals surface area contributed by atoms with Crippen molar-refractivity contribution in [2.24, 2.45) is 0 Å². The number of aliphatic hydroxyl groups is 1. The van der Waals surface area contributed by atoms with E-state index in [1.165, 1.54) is 0 Å². The van der Waals surface area contributed by atoms with E-state index in [0.29, 0.717) is 18.7 Å². The lowest BCUT2D eigenvalue weighted by molar-refractivity contribution is 0.162. The number of hydrogen-bond acceptors (Lipinski definition) is 3. The summed E-state index contributed by atoms with van der Waals surface area (Å²) in [5.41, 5.74) is 1.79. The maximum absolute atomic E-state index is 10.4. The molecule has 4 nitrogen and oxygen atoms in total. The first-order valence-corrected chi connectivity index (χ1v) is 6.97. The molecule has 1 aromatic heterocycles. The van der Waals surface area contributed by atoms with E-state index in [1.807, 2.05) is 31.2 Å². The molecule has 0 aliphatic carbocycles. The Hall–Kier alpha value is -1.33. The standard InChI is InChI=1S/C14H17BrN2O2/c1-3-17-14(13(19-2)9-16-17)12(18)8-10-5-4-6-11(15)7-10/h4-7,9,12,18H,3,8H2,1-2H3. The van der Waals surface area contributed by atoms with Gasteiger partial charge < -0.3 is 9.84 Å². The summed E-state index contributed by atoms with van der Waals surface area (Å²) in [6, 6.07) is 7.92. The molecule has 0 bridgehead atoms. The molecular formula is C14H17BrN2O2. The van der Waals surface area contributed by atoms with Gasteiger partial charge >= 0.3 is 0 Å². The Kier molecular flexibility index (Phi) is 4.61. The predicted molar refractivity (Wildman–Crippen MR) is 77.3 cm³/mol. The fraction of sp³-hybridized carbons (Fsp3) is 0.357. The quantitative estimate of drug-likeness (QED) is 0.919. The highest BCUT2D eigenvalue weighted by atomic mass is 79.9. The highest BCUT2D eigenvalue weighted by Gasteiger charge is 2.19. The van der Waals surface area contributed by atoms with Crippen molar-refractivity contribution in [3.63, 3.8) is 0 Å². The maximum Gasteiger partial charge on any atom is 0.162 e. The molecule has 1 atom stereocenters. The molecule has 2 rings (SSSR count). The SMILES string of the molecule is CCn1ncc(OC)c1C(O)Cc1cccc(Br)c1. The lowest BCUT2D eigenvalue weighted by Crippen LogP contribution is -2.11. The predicted octanol–water partition coefficient (Wildman–Crippen LogP) is 2.95. The van der Waals surface area contributed by atoms with Crippen LogP contribution in [0.4, 0.5) is 0 Å². The molecule has 0 aliphatic heterocycles. The molecule has 5 heteroatoms. The third kappa shape index (κ3) is 3.16. The molecule has 0 saturated carbocycles. The van der Waals surface area contributed by atoms with E-state index < -0.39 is 6.10 Å². The molecule has 102 valence electrons. The summed E-state index contributed by atoms with van der Waals surface area (Å²) in [5.74, 6) is 0.629. The molecule has 1 heterocycles. The number of aliphatic hydroxyl groups excluding tert-OH is 1. The lowest BCUT2D eigenvalue weighted by atomic mass is 10.1. The van der Waals surface area contributed by atoms with Crippen molar-refractivity contribution in [2.75, 3.05) is 7.11 Å². The number of halogens is 1. The summed E-state index contributed by atoms with van der Waals surface area (Å²) in [6.45, 7) is 2.69. The first-order chi connectivity index (χ1) is 9.15. The zero-order valence-electron chi connectivity index (χ0n) is 11.0. The fourth-order valence-electron chi connectivity index (χ4n) is 2.11. The number of nitrogens with zero attached hydrogens (tertiary/aromatic N) is 2. The molecule has 0 spiro atoms. The Morgan fingerprint density at radius 3 is 2.89 bits per heavy atom. The van der Waals surface area contributed by atoms with Crippen LogP contribution in [0.3, 0.4) is 0 Å². The van der Waals surface area contributed by atoms with Gasteiger partial charge in [0, 0.05) is 17.4 Å². The Morgan fingerprint density at radius 2 is 2.26 bits per heavy atom. The highest BCUT2D eigenvalue weighted by Crippen LogP contribution is 2.28. The second kappa shape index (κ2) is 6.21. The third-order valence-electron chi connectivity index (χ3n) is 3.00. The van der Waals surface area contributed by atoms with Gasteiger partial charge in [-0.1, -0.05) is 28.1 Å². The van der Waals surface area contributed by atoms with Crippen molar-refractivity contribution < 1.29 is 9.84 Å². The monoisotopic (exact) mass is 324 g/mol. The molecule has 2 aromatic rings. The van der Waals surface area contributed by atoms with Crippen LogP contribution in [0.1, 0.15) is 24.3 Å². The maximum atomic E-state index is 10.4. The van der Waals surface area contributed by atoms with E-state index in [2.05, 4.69) is 21.0 Å². The van der Waals surface area contributed by atoms with Crippen molar-refractivity contribution in [1.82, 2.24) is 9.78 Å². The summed E-state index contributed by atoms with van der Waals surface area (Å²) >= 11 is 3.43. The van der Waals surface area contributed by atoms with Crippen molar-refractivity contribution >= 4 is 15.9 Å². The van der Waals surface area contributed by atoms with Crippen molar-refractivity contribution in [3.8, 4) is 5.75 Å².